The summed E-state index contributed by atoms with van der Waals surface area (Å²) in [5, 5.41) is 0. The maximum atomic E-state index is 2.00. The molecule has 0 rings (SSSR count). The van der Waals surface area contributed by atoms with Gasteiger partial charge in [-0.15, -0.1) is 0 Å². The first-order valence-corrected chi connectivity index (χ1v) is 6.00. The molecule has 0 amide bonds. The smallest absolute Gasteiger partial charge is 0.0683 e. The lowest BCUT2D eigenvalue weighted by Gasteiger charge is -1.07. The van der Waals surface area contributed by atoms with Gasteiger partial charge in [0, 0.05) is 0 Å². The SMILES string of the molecule is CC.CC.CC.CC.CC.CC.F.F.F.F.F.F. The number of hydrogen-bond acceptors (Lipinski definition) is 0. The summed E-state index contributed by atoms with van der Waals surface area (Å²) in [6.07, 6.45) is 0. The van der Waals surface area contributed by atoms with Crippen LogP contribution in [0, 0.1) is 0 Å². The maximum absolute atomic E-state index is 2.00. The third-order valence-corrected chi connectivity index (χ3v) is 0. The highest BCUT2D eigenvalue weighted by Gasteiger charge is 0.942. The molecule has 0 radical (unpaired) electrons. The molecule has 0 heterocycles. The molecule has 0 saturated heterocycles. The van der Waals surface area contributed by atoms with Crippen molar-refractivity contribution in [2.45, 2.75) is 83.1 Å². The van der Waals surface area contributed by atoms with Crippen LogP contribution >= 0.6 is 0 Å². The number of halogens is 6. The Kier molecular flexibility index (Phi) is 197000. The predicted molar refractivity (Wildman–Crippen MR) is 83.1 cm³/mol. The minimum atomic E-state index is 0. The van der Waals surface area contributed by atoms with E-state index in [-0.39, 0.29) is 28.2 Å². The van der Waals surface area contributed by atoms with Gasteiger partial charge in [-0.2, -0.15) is 0 Å². The number of rotatable bonds is 0. The van der Waals surface area contributed by atoms with Gasteiger partial charge in [0.15, 0.2) is 0 Å². The second kappa shape index (κ2) is 22800. The van der Waals surface area contributed by atoms with Crippen molar-refractivity contribution in [2.75, 3.05) is 0 Å². The van der Waals surface area contributed by atoms with Gasteiger partial charge < -0.3 is 0 Å². The minimum Gasteiger partial charge on any atom is -0.269 e. The van der Waals surface area contributed by atoms with E-state index in [4.69, 9.17) is 0 Å². The van der Waals surface area contributed by atoms with Crippen LogP contribution in [0.5, 0.6) is 0 Å². The monoisotopic (exact) mass is 300 g/mol. The molecule has 0 nitrogen and oxygen atoms in total. The molecule has 0 aromatic carbocycles. The molecule has 0 aromatic heterocycles. The molecule has 0 aromatic rings. The van der Waals surface area contributed by atoms with Crippen molar-refractivity contribution in [1.82, 2.24) is 0 Å². The molecule has 0 atom stereocenters. The molecule has 0 saturated carbocycles. The van der Waals surface area contributed by atoms with Crippen LogP contribution in [-0.4, -0.2) is 0 Å². The van der Waals surface area contributed by atoms with Crippen LogP contribution in [0.1, 0.15) is 83.1 Å². The normalized spacial score (nSPS) is 2.00. The summed E-state index contributed by atoms with van der Waals surface area (Å²) in [5.41, 5.74) is 0. The van der Waals surface area contributed by atoms with Gasteiger partial charge in [0.2, 0.25) is 0 Å². The van der Waals surface area contributed by atoms with Crippen LogP contribution in [-0.2, 0) is 0 Å². The van der Waals surface area contributed by atoms with E-state index in [0.29, 0.717) is 0 Å². The average molecular weight is 300 g/mol. The Morgan fingerprint density at radius 2 is 0.167 bits per heavy atom. The Hall–Kier alpha value is -0.420. The van der Waals surface area contributed by atoms with Gasteiger partial charge in [-0.3, -0.25) is 28.2 Å². The van der Waals surface area contributed by atoms with Crippen LogP contribution in [0.3, 0.4) is 0 Å². The van der Waals surface area contributed by atoms with E-state index in [1.54, 1.807) is 0 Å². The Bertz CT molecular complexity index is 16.5. The molecule has 0 spiro atoms. The minimum absolute atomic E-state index is 0. The molecular weight excluding hydrogens is 258 g/mol. The van der Waals surface area contributed by atoms with Crippen LogP contribution in [0.2, 0.25) is 0 Å². The lowest BCUT2D eigenvalue weighted by molar-refractivity contribution is 1.11. The summed E-state index contributed by atoms with van der Waals surface area (Å²) >= 11 is 0. The van der Waals surface area contributed by atoms with Gasteiger partial charge in [-0.1, -0.05) is 83.1 Å². The van der Waals surface area contributed by atoms with Crippen molar-refractivity contribution in [3.63, 3.8) is 0 Å². The number of hydrogen-bond donors (Lipinski definition) is 0. The van der Waals surface area contributed by atoms with Crippen molar-refractivity contribution in [2.24, 2.45) is 0 Å². The highest BCUT2D eigenvalue weighted by Crippen LogP contribution is 1.15. The highest BCUT2D eigenvalue weighted by molar-refractivity contribution is 3.51. The zero-order chi connectivity index (χ0) is 12.0. The molecule has 0 fully saturated rings. The Labute approximate surface area is 112 Å². The summed E-state index contributed by atoms with van der Waals surface area (Å²) in [6, 6.07) is 0. The maximum Gasteiger partial charge on any atom is -0.0683 e. The topological polar surface area (TPSA) is 0 Å². The summed E-state index contributed by atoms with van der Waals surface area (Å²) < 4.78 is 0. The highest BCUT2D eigenvalue weighted by atomic mass is 19.0. The van der Waals surface area contributed by atoms with Crippen LogP contribution < -0.4 is 0 Å². The Morgan fingerprint density at radius 1 is 0.167 bits per heavy atom. The third-order valence-electron chi connectivity index (χ3n) is 0. The van der Waals surface area contributed by atoms with E-state index in [1.165, 1.54) is 0 Å². The molecule has 132 valence electrons. The first kappa shape index (κ1) is 155. The van der Waals surface area contributed by atoms with Gasteiger partial charge in [0.25, 0.3) is 0 Å². The summed E-state index contributed by atoms with van der Waals surface area (Å²) in [5.74, 6) is 0. The predicted octanol–water partition coefficient (Wildman–Crippen LogP) is 7.07. The van der Waals surface area contributed by atoms with Gasteiger partial charge in [0.05, 0.1) is 0 Å². The largest absolute Gasteiger partial charge is 0.269 e. The Balaban J connectivity index is -0.00000000225. The average Bonchev–Trinajstić information content (AvgIpc) is 2.33. The summed E-state index contributed by atoms with van der Waals surface area (Å²) in [6.45, 7) is 24.0. The van der Waals surface area contributed by atoms with E-state index in [1.807, 2.05) is 83.1 Å². The van der Waals surface area contributed by atoms with Crippen molar-refractivity contribution >= 4 is 0 Å². The molecule has 0 N–H and O–H groups in total. The summed E-state index contributed by atoms with van der Waals surface area (Å²) in [7, 11) is 0. The van der Waals surface area contributed by atoms with Gasteiger partial charge >= 0.3 is 0 Å². The van der Waals surface area contributed by atoms with Crippen molar-refractivity contribution in [1.29, 1.82) is 0 Å². The van der Waals surface area contributed by atoms with Crippen molar-refractivity contribution < 1.29 is 28.2 Å². The van der Waals surface area contributed by atoms with Crippen LogP contribution in [0.15, 0.2) is 0 Å². The molecule has 18 heavy (non-hydrogen) atoms. The second-order valence-electron chi connectivity index (χ2n) is 0. The van der Waals surface area contributed by atoms with E-state index < -0.39 is 0 Å². The first-order valence-electron chi connectivity index (χ1n) is 6.00. The fourth-order valence-corrected chi connectivity index (χ4v) is 0. The van der Waals surface area contributed by atoms with Crippen molar-refractivity contribution in [3.8, 4) is 0 Å². The van der Waals surface area contributed by atoms with E-state index in [2.05, 4.69) is 0 Å². The zero-order valence-electron chi connectivity index (χ0n) is 14.4. The second-order valence-corrected chi connectivity index (χ2v) is 0. The van der Waals surface area contributed by atoms with E-state index in [9.17, 15) is 0 Å². The molecule has 0 aliphatic carbocycles. The van der Waals surface area contributed by atoms with E-state index >= 15 is 0 Å². The fraction of sp³-hybridized carbons (Fsp3) is 1.00. The molecule has 0 aliphatic rings. The first-order chi connectivity index (χ1) is 6.00. The van der Waals surface area contributed by atoms with Crippen molar-refractivity contribution in [3.05, 3.63) is 0 Å². The molecule has 0 unspecified atom stereocenters. The molecular formula is C12H42F6. The Morgan fingerprint density at radius 3 is 0.167 bits per heavy atom. The van der Waals surface area contributed by atoms with Gasteiger partial charge in [-0.25, -0.2) is 0 Å². The standard InChI is InChI=1S/6C2H6.6FH/c6*1-2;;;;;;/h6*1-2H3;6*1H. The molecule has 6 heteroatoms. The van der Waals surface area contributed by atoms with Crippen LogP contribution in [0.25, 0.3) is 0 Å². The molecule has 0 aliphatic heterocycles. The van der Waals surface area contributed by atoms with Crippen LogP contribution in [0.4, 0.5) is 28.2 Å². The van der Waals surface area contributed by atoms with E-state index in [0.717, 1.165) is 0 Å². The third kappa shape index (κ3) is 18800. The van der Waals surface area contributed by atoms with Gasteiger partial charge in [0.1, 0.15) is 0 Å². The van der Waals surface area contributed by atoms with Gasteiger partial charge in [-0.05, 0) is 0 Å². The quantitative estimate of drug-likeness (QED) is 0.419. The molecule has 0 bridgehead atoms. The lowest BCUT2D eigenvalue weighted by Crippen LogP contribution is -0.856. The fourth-order valence-electron chi connectivity index (χ4n) is 0. The lowest BCUT2D eigenvalue weighted by atomic mass is 11.0. The zero-order valence-corrected chi connectivity index (χ0v) is 14.4. The summed E-state index contributed by atoms with van der Waals surface area (Å²) in [4.78, 5) is 0.